The minimum absolute atomic E-state index is 0.241. The first-order valence-corrected chi connectivity index (χ1v) is 11.2. The molecule has 1 aliphatic rings. The highest BCUT2D eigenvalue weighted by molar-refractivity contribution is 7.89. The Morgan fingerprint density at radius 1 is 1.10 bits per heavy atom. The van der Waals surface area contributed by atoms with Crippen LogP contribution >= 0.6 is 0 Å². The van der Waals surface area contributed by atoms with Gasteiger partial charge < -0.3 is 15.2 Å². The van der Waals surface area contributed by atoms with Gasteiger partial charge in [-0.05, 0) is 31.2 Å². The van der Waals surface area contributed by atoms with Gasteiger partial charge in [0.1, 0.15) is 5.82 Å². The van der Waals surface area contributed by atoms with Crippen LogP contribution in [0.25, 0.3) is 0 Å². The molecule has 0 radical (unpaired) electrons. The molecule has 0 aliphatic carbocycles. The molecule has 10 heteroatoms. The lowest BCUT2D eigenvalue weighted by Crippen LogP contribution is -2.28. The third-order valence-corrected chi connectivity index (χ3v) is 7.02. The molecule has 0 fully saturated rings. The molecule has 0 amide bonds. The number of sulfonamides is 1. The first-order valence-electron chi connectivity index (χ1n) is 9.74. The Kier molecular flexibility index (Phi) is 5.44. The van der Waals surface area contributed by atoms with Crippen molar-refractivity contribution < 1.29 is 8.42 Å². The molecule has 0 saturated carbocycles. The lowest BCUT2D eigenvalue weighted by Gasteiger charge is -2.23. The van der Waals surface area contributed by atoms with E-state index in [1.165, 1.54) is 24.1 Å². The number of nitrogens with one attached hydrogen (secondary N) is 2. The van der Waals surface area contributed by atoms with E-state index in [0.717, 1.165) is 48.7 Å². The first-order chi connectivity index (χ1) is 14.3. The largest absolute Gasteiger partial charge is 0.355 e. The molecule has 9 nitrogen and oxygen atoms in total. The summed E-state index contributed by atoms with van der Waals surface area (Å²) in [7, 11) is -0.430. The number of hydrogen-bond donors (Lipinski definition) is 2. The van der Waals surface area contributed by atoms with Crippen molar-refractivity contribution in [3.63, 3.8) is 0 Å². The second-order valence-corrected chi connectivity index (χ2v) is 9.60. The summed E-state index contributed by atoms with van der Waals surface area (Å²) < 4.78 is 25.6. The molecule has 0 bridgehead atoms. The van der Waals surface area contributed by atoms with Crippen molar-refractivity contribution >= 4 is 27.5 Å². The van der Waals surface area contributed by atoms with Crippen LogP contribution in [-0.2, 0) is 22.9 Å². The standard InChI is InChI=1S/C20H25N7O2S/c1-14-12-21-20(24-15-4-6-16(7-5-15)30(28,29)26(2)3)25-19(14)27-10-8-17-18(9-11-27)23-13-22-17/h4-7,12-13H,8-11H2,1-3H3,(H,22,23)(H,21,24,25). The number of hydrogen-bond acceptors (Lipinski definition) is 7. The topological polar surface area (TPSA) is 107 Å². The molecule has 4 rings (SSSR count). The number of aromatic amines is 1. The molecular weight excluding hydrogens is 402 g/mol. The number of fused-ring (bicyclic) bond motifs is 1. The van der Waals surface area contributed by atoms with Gasteiger partial charge in [0, 0.05) is 63.2 Å². The van der Waals surface area contributed by atoms with E-state index in [-0.39, 0.29) is 4.90 Å². The van der Waals surface area contributed by atoms with Crippen molar-refractivity contribution in [1.82, 2.24) is 24.2 Å². The van der Waals surface area contributed by atoms with Gasteiger partial charge >= 0.3 is 0 Å². The Bertz CT molecular complexity index is 1120. The van der Waals surface area contributed by atoms with Crippen molar-refractivity contribution in [3.8, 4) is 0 Å². The Morgan fingerprint density at radius 2 is 1.83 bits per heavy atom. The van der Waals surface area contributed by atoms with Crippen molar-refractivity contribution in [3.05, 3.63) is 53.7 Å². The molecule has 1 aliphatic heterocycles. The summed E-state index contributed by atoms with van der Waals surface area (Å²) in [5.41, 5.74) is 4.04. The monoisotopic (exact) mass is 427 g/mol. The van der Waals surface area contributed by atoms with Gasteiger partial charge in [-0.15, -0.1) is 0 Å². The van der Waals surface area contributed by atoms with Gasteiger partial charge in [-0.2, -0.15) is 4.98 Å². The summed E-state index contributed by atoms with van der Waals surface area (Å²) in [6.45, 7) is 3.69. The minimum Gasteiger partial charge on any atom is -0.355 e. The summed E-state index contributed by atoms with van der Waals surface area (Å²) in [5.74, 6) is 1.36. The highest BCUT2D eigenvalue weighted by Crippen LogP contribution is 2.24. The fraction of sp³-hybridized carbons (Fsp3) is 0.350. The molecule has 0 saturated heterocycles. The lowest BCUT2D eigenvalue weighted by molar-refractivity contribution is 0.521. The molecule has 0 spiro atoms. The van der Waals surface area contributed by atoms with Crippen LogP contribution in [0.15, 0.2) is 41.7 Å². The molecule has 3 heterocycles. The first kappa shape index (κ1) is 20.3. The highest BCUT2D eigenvalue weighted by atomic mass is 32.2. The Morgan fingerprint density at radius 3 is 2.57 bits per heavy atom. The zero-order chi connectivity index (χ0) is 21.3. The van der Waals surface area contributed by atoms with E-state index in [1.807, 2.05) is 6.92 Å². The lowest BCUT2D eigenvalue weighted by atomic mass is 10.2. The van der Waals surface area contributed by atoms with E-state index in [9.17, 15) is 8.42 Å². The maximum atomic E-state index is 12.2. The van der Waals surface area contributed by atoms with Gasteiger partial charge in [-0.3, -0.25) is 0 Å². The second-order valence-electron chi connectivity index (χ2n) is 7.45. The van der Waals surface area contributed by atoms with Crippen LogP contribution in [-0.4, -0.2) is 59.8 Å². The minimum atomic E-state index is -3.45. The Balaban J connectivity index is 1.52. The van der Waals surface area contributed by atoms with Crippen molar-refractivity contribution in [2.45, 2.75) is 24.7 Å². The smallest absolute Gasteiger partial charge is 0.242 e. The maximum absolute atomic E-state index is 12.2. The molecule has 30 heavy (non-hydrogen) atoms. The van der Waals surface area contributed by atoms with E-state index in [1.54, 1.807) is 36.8 Å². The maximum Gasteiger partial charge on any atom is 0.242 e. The average molecular weight is 428 g/mol. The van der Waals surface area contributed by atoms with Crippen LogP contribution in [0.5, 0.6) is 0 Å². The summed E-state index contributed by atoms with van der Waals surface area (Å²) >= 11 is 0. The number of anilines is 3. The number of H-pyrrole nitrogens is 1. The van der Waals surface area contributed by atoms with E-state index < -0.39 is 10.0 Å². The van der Waals surface area contributed by atoms with Crippen molar-refractivity contribution in [2.75, 3.05) is 37.4 Å². The summed E-state index contributed by atoms with van der Waals surface area (Å²) in [4.78, 5) is 19.2. The van der Waals surface area contributed by atoms with Gasteiger partial charge in [-0.1, -0.05) is 0 Å². The second kappa shape index (κ2) is 8.04. The van der Waals surface area contributed by atoms with E-state index in [0.29, 0.717) is 5.95 Å². The number of imidazole rings is 1. The zero-order valence-corrected chi connectivity index (χ0v) is 18.1. The predicted octanol–water partition coefficient (Wildman–Crippen LogP) is 2.11. The van der Waals surface area contributed by atoms with Gasteiger partial charge in [0.15, 0.2) is 0 Å². The molecule has 0 unspecified atom stereocenters. The molecule has 2 aromatic heterocycles. The molecule has 1 aromatic carbocycles. The zero-order valence-electron chi connectivity index (χ0n) is 17.3. The number of aromatic nitrogens is 4. The average Bonchev–Trinajstić information content (AvgIpc) is 3.08. The van der Waals surface area contributed by atoms with Crippen LogP contribution in [0.4, 0.5) is 17.5 Å². The number of benzene rings is 1. The summed E-state index contributed by atoms with van der Waals surface area (Å²) in [5, 5.41) is 3.17. The van der Waals surface area contributed by atoms with E-state index in [4.69, 9.17) is 4.98 Å². The number of aryl methyl sites for hydroxylation is 1. The fourth-order valence-corrected chi connectivity index (χ4v) is 4.36. The summed E-state index contributed by atoms with van der Waals surface area (Å²) in [6.07, 6.45) is 5.32. The Labute approximate surface area is 176 Å². The van der Waals surface area contributed by atoms with Crippen molar-refractivity contribution in [2.24, 2.45) is 0 Å². The third kappa shape index (κ3) is 4.01. The molecule has 158 valence electrons. The summed E-state index contributed by atoms with van der Waals surface area (Å²) in [6, 6.07) is 6.57. The molecule has 0 atom stereocenters. The predicted molar refractivity (Wildman–Crippen MR) is 116 cm³/mol. The van der Waals surface area contributed by atoms with Gasteiger partial charge in [0.05, 0.1) is 16.9 Å². The fourth-order valence-electron chi connectivity index (χ4n) is 3.46. The van der Waals surface area contributed by atoms with Crippen molar-refractivity contribution in [1.29, 1.82) is 0 Å². The number of rotatable bonds is 5. The molecular formula is C20H25N7O2S. The van der Waals surface area contributed by atoms with Gasteiger partial charge in [0.25, 0.3) is 0 Å². The van der Waals surface area contributed by atoms with E-state index in [2.05, 4.69) is 25.2 Å². The van der Waals surface area contributed by atoms with Crippen LogP contribution in [0.3, 0.4) is 0 Å². The van der Waals surface area contributed by atoms with Crippen LogP contribution in [0.1, 0.15) is 17.0 Å². The Hall–Kier alpha value is -2.98. The van der Waals surface area contributed by atoms with Crippen LogP contribution in [0.2, 0.25) is 0 Å². The van der Waals surface area contributed by atoms with Gasteiger partial charge in [0.2, 0.25) is 16.0 Å². The normalized spacial score (nSPS) is 14.5. The molecule has 3 aromatic rings. The SMILES string of the molecule is Cc1cnc(Nc2ccc(S(=O)(=O)N(C)C)cc2)nc1N1CCc2nc[nH]c2CC1. The third-order valence-electron chi connectivity index (χ3n) is 5.19. The van der Waals surface area contributed by atoms with Gasteiger partial charge in [-0.25, -0.2) is 22.7 Å². The highest BCUT2D eigenvalue weighted by Gasteiger charge is 2.19. The molecule has 2 N–H and O–H groups in total. The number of nitrogens with zero attached hydrogens (tertiary/aromatic N) is 5. The van der Waals surface area contributed by atoms with Crippen LogP contribution in [0, 0.1) is 6.92 Å². The van der Waals surface area contributed by atoms with E-state index >= 15 is 0 Å². The quantitative estimate of drug-likeness (QED) is 0.642. The van der Waals surface area contributed by atoms with Crippen LogP contribution < -0.4 is 10.2 Å².